The summed E-state index contributed by atoms with van der Waals surface area (Å²) in [5.74, 6) is 1.27. The van der Waals surface area contributed by atoms with E-state index < -0.39 is 0 Å². The van der Waals surface area contributed by atoms with Crippen molar-refractivity contribution >= 4 is 11.8 Å². The van der Waals surface area contributed by atoms with Crippen LogP contribution in [0.25, 0.3) is 0 Å². The van der Waals surface area contributed by atoms with E-state index in [4.69, 9.17) is 0 Å². The molecule has 0 bridgehead atoms. The molecule has 0 aromatic carbocycles. The van der Waals surface area contributed by atoms with Gasteiger partial charge < -0.3 is 10.2 Å². The summed E-state index contributed by atoms with van der Waals surface area (Å²) in [6.07, 6.45) is 3.47. The van der Waals surface area contributed by atoms with Crippen molar-refractivity contribution < 1.29 is 9.59 Å². The fourth-order valence-corrected chi connectivity index (χ4v) is 3.68. The molecule has 2 saturated heterocycles. The van der Waals surface area contributed by atoms with Crippen LogP contribution in [0.1, 0.15) is 48.6 Å². The Morgan fingerprint density at radius 3 is 2.48 bits per heavy atom. The first kappa shape index (κ1) is 15.9. The maximum atomic E-state index is 12.6. The van der Waals surface area contributed by atoms with E-state index in [-0.39, 0.29) is 23.3 Å². The number of nitrogens with one attached hydrogen (secondary N) is 1. The molecule has 1 aromatic rings. The third-order valence-corrected chi connectivity index (χ3v) is 5.28. The number of hydrogen-bond donors (Lipinski definition) is 1. The van der Waals surface area contributed by atoms with Crippen molar-refractivity contribution in [2.45, 2.75) is 46.6 Å². The molecule has 1 atom stereocenters. The summed E-state index contributed by atoms with van der Waals surface area (Å²) in [6.45, 7) is 9.11. The summed E-state index contributed by atoms with van der Waals surface area (Å²) in [4.78, 5) is 34.6. The van der Waals surface area contributed by atoms with Crippen molar-refractivity contribution in [2.75, 3.05) is 13.1 Å². The lowest BCUT2D eigenvalue weighted by molar-refractivity contribution is -0.146. The zero-order valence-electron chi connectivity index (χ0n) is 14.2. The molecule has 0 spiro atoms. The van der Waals surface area contributed by atoms with Gasteiger partial charge in [-0.25, -0.2) is 9.97 Å². The second-order valence-corrected chi connectivity index (χ2v) is 7.22. The Hall–Kier alpha value is -1.98. The van der Waals surface area contributed by atoms with Crippen LogP contribution in [0.2, 0.25) is 0 Å². The average molecular weight is 316 g/mol. The number of hydrogen-bond acceptors (Lipinski definition) is 4. The predicted octanol–water partition coefficient (Wildman–Crippen LogP) is 1.47. The lowest BCUT2D eigenvalue weighted by Gasteiger charge is -2.50. The fraction of sp³-hybridized carbons (Fsp3) is 0.647. The van der Waals surface area contributed by atoms with Crippen molar-refractivity contribution in [3.63, 3.8) is 0 Å². The normalized spacial score (nSPS) is 24.1. The number of piperidine rings is 1. The van der Waals surface area contributed by atoms with Crippen molar-refractivity contribution in [3.8, 4) is 0 Å². The number of carbonyl (C=O) groups is 2. The Balaban J connectivity index is 1.63. The van der Waals surface area contributed by atoms with Crippen LogP contribution in [0.5, 0.6) is 0 Å². The van der Waals surface area contributed by atoms with Gasteiger partial charge in [-0.05, 0) is 46.5 Å². The predicted molar refractivity (Wildman–Crippen MR) is 85.8 cm³/mol. The van der Waals surface area contributed by atoms with E-state index in [1.165, 1.54) is 0 Å². The zero-order valence-corrected chi connectivity index (χ0v) is 14.2. The van der Waals surface area contributed by atoms with E-state index in [1.54, 1.807) is 6.20 Å². The van der Waals surface area contributed by atoms with Gasteiger partial charge in [-0.3, -0.25) is 9.59 Å². The van der Waals surface area contributed by atoms with Crippen molar-refractivity contribution in [2.24, 2.45) is 11.3 Å². The van der Waals surface area contributed by atoms with Gasteiger partial charge in [0.2, 0.25) is 5.91 Å². The fourth-order valence-electron chi connectivity index (χ4n) is 3.68. The molecular formula is C17H24N4O2. The molecule has 0 unspecified atom stereocenters. The molecule has 0 radical (unpaired) electrons. The van der Waals surface area contributed by atoms with Crippen molar-refractivity contribution in [3.05, 3.63) is 23.3 Å². The largest absolute Gasteiger partial charge is 0.351 e. The Labute approximate surface area is 136 Å². The SMILES string of the molecule is Cc1ncc(C(=O)N2CCC([C@H]3NC(=O)C3(C)C)CC2)c(C)n1. The summed E-state index contributed by atoms with van der Waals surface area (Å²) in [7, 11) is 0. The molecule has 23 heavy (non-hydrogen) atoms. The van der Waals surface area contributed by atoms with Gasteiger partial charge in [0.25, 0.3) is 5.91 Å². The summed E-state index contributed by atoms with van der Waals surface area (Å²) in [5.41, 5.74) is 1.04. The number of nitrogens with zero attached hydrogens (tertiary/aromatic N) is 3. The second kappa shape index (κ2) is 5.58. The molecule has 2 fully saturated rings. The van der Waals surface area contributed by atoms with Crippen LogP contribution in [0.15, 0.2) is 6.20 Å². The molecule has 1 N–H and O–H groups in total. The van der Waals surface area contributed by atoms with E-state index >= 15 is 0 Å². The summed E-state index contributed by atoms with van der Waals surface area (Å²) in [6, 6.07) is 0.233. The zero-order chi connectivity index (χ0) is 16.8. The molecular weight excluding hydrogens is 292 g/mol. The van der Waals surface area contributed by atoms with Crippen LogP contribution in [0.4, 0.5) is 0 Å². The molecule has 2 amide bonds. The van der Waals surface area contributed by atoms with Gasteiger partial charge in [-0.2, -0.15) is 0 Å². The lowest BCUT2D eigenvalue weighted by Crippen LogP contribution is -2.68. The number of rotatable bonds is 2. The number of aryl methyl sites for hydroxylation is 2. The first-order chi connectivity index (χ1) is 10.8. The van der Waals surface area contributed by atoms with E-state index in [2.05, 4.69) is 15.3 Å². The number of β-lactam (4-membered cyclic amide) rings is 1. The Morgan fingerprint density at radius 2 is 1.96 bits per heavy atom. The first-order valence-electron chi connectivity index (χ1n) is 8.21. The van der Waals surface area contributed by atoms with Gasteiger partial charge in [0.1, 0.15) is 5.82 Å². The van der Waals surface area contributed by atoms with Gasteiger partial charge in [0, 0.05) is 25.3 Å². The average Bonchev–Trinajstić information content (AvgIpc) is 2.52. The topological polar surface area (TPSA) is 75.2 Å². The van der Waals surface area contributed by atoms with Crippen LogP contribution in [-0.4, -0.2) is 45.8 Å². The highest BCUT2D eigenvalue weighted by atomic mass is 16.2. The highest BCUT2D eigenvalue weighted by Crippen LogP contribution is 2.38. The van der Waals surface area contributed by atoms with Gasteiger partial charge >= 0.3 is 0 Å². The minimum atomic E-state index is -0.280. The van der Waals surface area contributed by atoms with Gasteiger partial charge in [0.05, 0.1) is 16.7 Å². The van der Waals surface area contributed by atoms with E-state index in [0.717, 1.165) is 31.6 Å². The number of likely N-dealkylation sites (tertiary alicyclic amines) is 1. The Kier molecular flexibility index (Phi) is 3.86. The standard InChI is InChI=1S/C17H24N4O2/c1-10-13(9-18-11(2)19-10)15(22)21-7-5-12(6-8-21)14-17(3,4)16(23)20-14/h9,12,14H,5-8H2,1-4H3,(H,20,23)/t14-/m1/s1. The first-order valence-corrected chi connectivity index (χ1v) is 8.21. The molecule has 2 aliphatic heterocycles. The Bertz CT molecular complexity index is 648. The van der Waals surface area contributed by atoms with Crippen LogP contribution in [0, 0.1) is 25.2 Å². The number of aromatic nitrogens is 2. The summed E-state index contributed by atoms with van der Waals surface area (Å²) < 4.78 is 0. The van der Waals surface area contributed by atoms with Crippen molar-refractivity contribution in [1.29, 1.82) is 0 Å². The van der Waals surface area contributed by atoms with Crippen LogP contribution in [-0.2, 0) is 4.79 Å². The number of carbonyl (C=O) groups excluding carboxylic acids is 2. The molecule has 0 saturated carbocycles. The maximum Gasteiger partial charge on any atom is 0.257 e. The highest BCUT2D eigenvalue weighted by Gasteiger charge is 2.51. The minimum absolute atomic E-state index is 0.0119. The number of amides is 2. The van der Waals surface area contributed by atoms with E-state index in [9.17, 15) is 9.59 Å². The molecule has 124 valence electrons. The van der Waals surface area contributed by atoms with Crippen LogP contribution in [0.3, 0.4) is 0 Å². The third-order valence-electron chi connectivity index (χ3n) is 5.28. The maximum absolute atomic E-state index is 12.6. The lowest BCUT2D eigenvalue weighted by atomic mass is 9.68. The molecule has 6 nitrogen and oxygen atoms in total. The summed E-state index contributed by atoms with van der Waals surface area (Å²) in [5, 5.41) is 3.03. The molecule has 2 aliphatic rings. The van der Waals surface area contributed by atoms with Crippen molar-refractivity contribution in [1.82, 2.24) is 20.2 Å². The molecule has 3 heterocycles. The minimum Gasteiger partial charge on any atom is -0.351 e. The van der Waals surface area contributed by atoms with E-state index in [1.807, 2.05) is 32.6 Å². The molecule has 0 aliphatic carbocycles. The van der Waals surface area contributed by atoms with Crippen LogP contribution >= 0.6 is 0 Å². The van der Waals surface area contributed by atoms with Gasteiger partial charge in [0.15, 0.2) is 0 Å². The monoisotopic (exact) mass is 316 g/mol. The molecule has 1 aromatic heterocycles. The highest BCUT2D eigenvalue weighted by molar-refractivity contribution is 5.95. The molecule has 6 heteroatoms. The van der Waals surface area contributed by atoms with E-state index in [0.29, 0.717) is 17.3 Å². The van der Waals surface area contributed by atoms with Gasteiger partial charge in [-0.15, -0.1) is 0 Å². The van der Waals surface area contributed by atoms with Gasteiger partial charge in [-0.1, -0.05) is 0 Å². The smallest absolute Gasteiger partial charge is 0.257 e. The summed E-state index contributed by atoms with van der Waals surface area (Å²) >= 11 is 0. The Morgan fingerprint density at radius 1 is 1.30 bits per heavy atom. The quantitative estimate of drug-likeness (QED) is 0.838. The second-order valence-electron chi connectivity index (χ2n) is 7.22. The van der Waals surface area contributed by atoms with Crippen LogP contribution < -0.4 is 5.32 Å². The third kappa shape index (κ3) is 2.71. The molecule has 3 rings (SSSR count).